The van der Waals surface area contributed by atoms with Crippen LogP contribution in [-0.4, -0.2) is 42.9 Å². The second-order valence-electron chi connectivity index (χ2n) is 6.23. The molecule has 0 spiro atoms. The molecule has 2 N–H and O–H groups in total. The van der Waals surface area contributed by atoms with Gasteiger partial charge in [-0.1, -0.05) is 19.1 Å². The quantitative estimate of drug-likeness (QED) is 0.818. The van der Waals surface area contributed by atoms with Crippen molar-refractivity contribution in [1.82, 2.24) is 10.2 Å². The zero-order valence-corrected chi connectivity index (χ0v) is 16.6. The third-order valence-corrected chi connectivity index (χ3v) is 5.48. The Morgan fingerprint density at radius 2 is 2.00 bits per heavy atom. The van der Waals surface area contributed by atoms with Crippen LogP contribution in [-0.2, 0) is 6.42 Å². The number of rotatable bonds is 5. The second kappa shape index (κ2) is 9.16. The zero-order chi connectivity index (χ0) is 17.8. The van der Waals surface area contributed by atoms with E-state index in [-0.39, 0.29) is 30.3 Å². The van der Waals surface area contributed by atoms with Gasteiger partial charge in [0.15, 0.2) is 0 Å². The van der Waals surface area contributed by atoms with E-state index in [1.54, 1.807) is 11.0 Å². The summed E-state index contributed by atoms with van der Waals surface area (Å²) in [5.74, 6) is -0.240. The molecule has 1 saturated heterocycles. The standard InChI is InChI=1S/C19H23N3O2S.ClH/c1-3-13-4-6-14(7-5-13)17(23)21-18-16(9-11-25-18)19(24)22(2)15-8-10-20-12-15;/h4-7,9,11,15,20H,3,8,10,12H2,1-2H3,(H,21,23);1H. The van der Waals surface area contributed by atoms with Crippen LogP contribution in [0.15, 0.2) is 35.7 Å². The summed E-state index contributed by atoms with van der Waals surface area (Å²) in [7, 11) is 1.83. The smallest absolute Gasteiger partial charge is 0.256 e. The predicted octanol–water partition coefficient (Wildman–Crippen LogP) is 3.42. The van der Waals surface area contributed by atoms with Crippen molar-refractivity contribution in [3.8, 4) is 0 Å². The summed E-state index contributed by atoms with van der Waals surface area (Å²) >= 11 is 1.37. The fourth-order valence-electron chi connectivity index (χ4n) is 2.97. The van der Waals surface area contributed by atoms with Crippen molar-refractivity contribution in [2.75, 3.05) is 25.5 Å². The molecule has 0 radical (unpaired) electrons. The number of aryl methyl sites for hydroxylation is 1. The van der Waals surface area contributed by atoms with Gasteiger partial charge in [0.25, 0.3) is 11.8 Å². The molecule has 1 aliphatic rings. The Morgan fingerprint density at radius 3 is 2.62 bits per heavy atom. The van der Waals surface area contributed by atoms with Gasteiger partial charge in [-0.3, -0.25) is 9.59 Å². The van der Waals surface area contributed by atoms with Crippen LogP contribution in [0.25, 0.3) is 0 Å². The van der Waals surface area contributed by atoms with E-state index in [0.717, 1.165) is 25.9 Å². The normalized spacial score (nSPS) is 16.0. The van der Waals surface area contributed by atoms with Crippen molar-refractivity contribution in [3.63, 3.8) is 0 Å². The second-order valence-corrected chi connectivity index (χ2v) is 7.15. The number of hydrogen-bond donors (Lipinski definition) is 2. The number of carbonyl (C=O) groups is 2. The summed E-state index contributed by atoms with van der Waals surface area (Å²) in [6.45, 7) is 3.83. The SMILES string of the molecule is CCc1ccc(C(=O)Nc2sccc2C(=O)N(C)C2CCNC2)cc1.Cl. The molecule has 1 aromatic heterocycles. The largest absolute Gasteiger partial charge is 0.337 e. The van der Waals surface area contributed by atoms with Crippen molar-refractivity contribution < 1.29 is 9.59 Å². The molecule has 1 fully saturated rings. The van der Waals surface area contributed by atoms with Crippen molar-refractivity contribution in [1.29, 1.82) is 0 Å². The van der Waals surface area contributed by atoms with Gasteiger partial charge in [0.1, 0.15) is 5.00 Å². The number of nitrogens with one attached hydrogen (secondary N) is 2. The first kappa shape index (κ1) is 20.4. The Morgan fingerprint density at radius 1 is 1.27 bits per heavy atom. The summed E-state index contributed by atoms with van der Waals surface area (Å²) < 4.78 is 0. The number of likely N-dealkylation sites (N-methyl/N-ethyl adjacent to an activating group) is 1. The van der Waals surface area contributed by atoms with E-state index in [2.05, 4.69) is 17.6 Å². The Kier molecular flexibility index (Phi) is 7.20. The molecule has 140 valence electrons. The van der Waals surface area contributed by atoms with Gasteiger partial charge in [-0.15, -0.1) is 23.7 Å². The number of halogens is 1. The molecule has 3 rings (SSSR count). The number of anilines is 1. The molecule has 7 heteroatoms. The van der Waals surface area contributed by atoms with Crippen LogP contribution in [0.2, 0.25) is 0 Å². The first-order chi connectivity index (χ1) is 12.1. The maximum absolute atomic E-state index is 12.8. The number of amides is 2. The molecular formula is C19H24ClN3O2S. The topological polar surface area (TPSA) is 61.4 Å². The molecule has 1 aromatic carbocycles. The van der Waals surface area contributed by atoms with Crippen LogP contribution in [0.5, 0.6) is 0 Å². The molecular weight excluding hydrogens is 370 g/mol. The maximum atomic E-state index is 12.8. The average molecular weight is 394 g/mol. The lowest BCUT2D eigenvalue weighted by Crippen LogP contribution is -2.38. The average Bonchev–Trinajstić information content (AvgIpc) is 3.32. The fourth-order valence-corrected chi connectivity index (χ4v) is 3.74. The molecule has 2 amide bonds. The fraction of sp³-hybridized carbons (Fsp3) is 0.368. The van der Waals surface area contributed by atoms with Crippen LogP contribution in [0.4, 0.5) is 5.00 Å². The molecule has 0 aliphatic carbocycles. The van der Waals surface area contributed by atoms with Crippen molar-refractivity contribution in [3.05, 3.63) is 52.4 Å². The minimum Gasteiger partial charge on any atom is -0.337 e. The molecule has 26 heavy (non-hydrogen) atoms. The molecule has 2 heterocycles. The lowest BCUT2D eigenvalue weighted by atomic mass is 10.1. The van der Waals surface area contributed by atoms with E-state index >= 15 is 0 Å². The highest BCUT2D eigenvalue weighted by Gasteiger charge is 2.26. The number of nitrogens with zero attached hydrogens (tertiary/aromatic N) is 1. The van der Waals surface area contributed by atoms with E-state index < -0.39 is 0 Å². The summed E-state index contributed by atoms with van der Waals surface area (Å²) in [6, 6.07) is 9.53. The summed E-state index contributed by atoms with van der Waals surface area (Å²) in [5.41, 5.74) is 2.34. The van der Waals surface area contributed by atoms with Crippen LogP contribution in [0.3, 0.4) is 0 Å². The van der Waals surface area contributed by atoms with Crippen molar-refractivity contribution in [2.24, 2.45) is 0 Å². The van der Waals surface area contributed by atoms with Crippen LogP contribution >= 0.6 is 23.7 Å². The molecule has 2 aromatic rings. The maximum Gasteiger partial charge on any atom is 0.256 e. The van der Waals surface area contributed by atoms with Crippen LogP contribution < -0.4 is 10.6 Å². The number of carbonyl (C=O) groups excluding carboxylic acids is 2. The zero-order valence-electron chi connectivity index (χ0n) is 15.0. The number of thiophene rings is 1. The van der Waals surface area contributed by atoms with Gasteiger partial charge in [-0.25, -0.2) is 0 Å². The Hall–Kier alpha value is -1.89. The minimum atomic E-state index is -0.190. The van der Waals surface area contributed by atoms with E-state index in [0.29, 0.717) is 16.1 Å². The summed E-state index contributed by atoms with van der Waals surface area (Å²) in [6.07, 6.45) is 1.89. The third kappa shape index (κ3) is 4.44. The highest BCUT2D eigenvalue weighted by molar-refractivity contribution is 7.14. The van der Waals surface area contributed by atoms with E-state index in [9.17, 15) is 9.59 Å². The van der Waals surface area contributed by atoms with E-state index in [4.69, 9.17) is 0 Å². The summed E-state index contributed by atoms with van der Waals surface area (Å²) in [5, 5.41) is 8.60. The van der Waals surface area contributed by atoms with Gasteiger partial charge >= 0.3 is 0 Å². The van der Waals surface area contributed by atoms with Gasteiger partial charge in [-0.2, -0.15) is 0 Å². The third-order valence-electron chi connectivity index (χ3n) is 4.65. The minimum absolute atomic E-state index is 0. The molecule has 1 unspecified atom stereocenters. The van der Waals surface area contributed by atoms with Gasteiger partial charge < -0.3 is 15.5 Å². The summed E-state index contributed by atoms with van der Waals surface area (Å²) in [4.78, 5) is 27.0. The van der Waals surface area contributed by atoms with Crippen LogP contribution in [0, 0.1) is 0 Å². The molecule has 1 atom stereocenters. The lowest BCUT2D eigenvalue weighted by molar-refractivity contribution is 0.0745. The lowest BCUT2D eigenvalue weighted by Gasteiger charge is -2.23. The van der Waals surface area contributed by atoms with Crippen molar-refractivity contribution >= 4 is 40.6 Å². The Bertz CT molecular complexity index is 754. The number of benzene rings is 1. The van der Waals surface area contributed by atoms with Crippen LogP contribution in [0.1, 0.15) is 39.6 Å². The highest BCUT2D eigenvalue weighted by atomic mass is 35.5. The molecule has 0 bridgehead atoms. The van der Waals surface area contributed by atoms with E-state index in [1.807, 2.05) is 36.7 Å². The first-order valence-corrected chi connectivity index (χ1v) is 9.43. The molecule has 5 nitrogen and oxygen atoms in total. The van der Waals surface area contributed by atoms with Gasteiger partial charge in [-0.05, 0) is 48.5 Å². The van der Waals surface area contributed by atoms with Gasteiger partial charge in [0.05, 0.1) is 5.56 Å². The van der Waals surface area contributed by atoms with Gasteiger partial charge in [0, 0.05) is 25.2 Å². The predicted molar refractivity (Wildman–Crippen MR) is 109 cm³/mol. The van der Waals surface area contributed by atoms with E-state index in [1.165, 1.54) is 16.9 Å². The molecule has 0 saturated carbocycles. The van der Waals surface area contributed by atoms with Crippen molar-refractivity contribution in [2.45, 2.75) is 25.8 Å². The molecule has 1 aliphatic heterocycles. The Balaban J connectivity index is 0.00000243. The Labute approximate surface area is 164 Å². The first-order valence-electron chi connectivity index (χ1n) is 8.55. The van der Waals surface area contributed by atoms with Gasteiger partial charge in [0.2, 0.25) is 0 Å². The monoisotopic (exact) mass is 393 g/mol. The number of hydrogen-bond acceptors (Lipinski definition) is 4. The highest BCUT2D eigenvalue weighted by Crippen LogP contribution is 2.26.